The molecule has 0 saturated carbocycles. The van der Waals surface area contributed by atoms with E-state index in [1.807, 2.05) is 6.92 Å². The smallest absolute Gasteiger partial charge is 0.326 e. The maximum atomic E-state index is 11.9. The van der Waals surface area contributed by atoms with Crippen LogP contribution >= 0.6 is 0 Å². The van der Waals surface area contributed by atoms with Gasteiger partial charge in [-0.1, -0.05) is 83.8 Å². The molecule has 0 heterocycles. The molecule has 0 aliphatic carbocycles. The average Bonchev–Trinajstić information content (AvgIpc) is 2.64. The standard InChI is InChI=1S/C22H42O5S.Na/c1-3-5-7-8-9-10-11-12-13-14-15-16-17-18-19-21(28(24,25)26)22(23)27-20-6-4-2;/h12-13,21H,3-11,14-20H2,1-2H3,(H,24,25,26);. The summed E-state index contributed by atoms with van der Waals surface area (Å²) in [7, 11) is -4.40. The molecule has 0 spiro atoms. The summed E-state index contributed by atoms with van der Waals surface area (Å²) in [6.07, 6.45) is 19.8. The van der Waals surface area contributed by atoms with Gasteiger partial charge in [0.15, 0.2) is 5.25 Å². The van der Waals surface area contributed by atoms with Gasteiger partial charge in [-0.15, -0.1) is 0 Å². The Bertz CT molecular complexity index is 505. The Morgan fingerprint density at radius 2 is 1.31 bits per heavy atom. The Morgan fingerprint density at radius 1 is 0.828 bits per heavy atom. The summed E-state index contributed by atoms with van der Waals surface area (Å²) in [6, 6.07) is 0. The zero-order valence-corrected chi connectivity index (χ0v) is 21.9. The van der Waals surface area contributed by atoms with Gasteiger partial charge in [-0.3, -0.25) is 9.35 Å². The van der Waals surface area contributed by atoms with E-state index in [4.69, 9.17) is 4.74 Å². The third-order valence-electron chi connectivity index (χ3n) is 4.84. The van der Waals surface area contributed by atoms with E-state index < -0.39 is 21.3 Å². The van der Waals surface area contributed by atoms with Crippen molar-refractivity contribution in [3.63, 3.8) is 0 Å². The van der Waals surface area contributed by atoms with Crippen LogP contribution in [0.25, 0.3) is 0 Å². The van der Waals surface area contributed by atoms with Gasteiger partial charge in [0.1, 0.15) is 0 Å². The first-order chi connectivity index (χ1) is 13.4. The molecular formula is C22H42NaO5S. The molecule has 0 bridgehead atoms. The number of esters is 1. The van der Waals surface area contributed by atoms with E-state index in [0.717, 1.165) is 38.5 Å². The molecular weight excluding hydrogens is 399 g/mol. The van der Waals surface area contributed by atoms with Crippen LogP contribution in [-0.2, 0) is 19.6 Å². The second-order valence-corrected chi connectivity index (χ2v) is 9.14. The van der Waals surface area contributed by atoms with Gasteiger partial charge in [-0.05, 0) is 38.5 Å². The first-order valence-electron chi connectivity index (χ1n) is 11.2. The van der Waals surface area contributed by atoms with Crippen LogP contribution in [0.1, 0.15) is 110 Å². The summed E-state index contributed by atoms with van der Waals surface area (Å²) in [4.78, 5) is 11.9. The van der Waals surface area contributed by atoms with Gasteiger partial charge in [-0.2, -0.15) is 8.42 Å². The van der Waals surface area contributed by atoms with Crippen LogP contribution in [0.4, 0.5) is 0 Å². The number of unbranched alkanes of at least 4 members (excludes halogenated alkanes) is 11. The Balaban J connectivity index is 0. The van der Waals surface area contributed by atoms with Crippen molar-refractivity contribution in [1.29, 1.82) is 0 Å². The summed E-state index contributed by atoms with van der Waals surface area (Å²) >= 11 is 0. The van der Waals surface area contributed by atoms with Crippen LogP contribution in [0.3, 0.4) is 0 Å². The molecule has 1 N–H and O–H groups in total. The average molecular weight is 442 g/mol. The van der Waals surface area contributed by atoms with Crippen LogP contribution in [0, 0.1) is 0 Å². The first-order valence-corrected chi connectivity index (χ1v) is 12.7. The number of hydrogen-bond acceptors (Lipinski definition) is 4. The van der Waals surface area contributed by atoms with Gasteiger partial charge < -0.3 is 4.74 Å². The molecule has 0 fully saturated rings. The fourth-order valence-corrected chi connectivity index (χ4v) is 3.80. The van der Waals surface area contributed by atoms with Gasteiger partial charge in [-0.25, -0.2) is 0 Å². The van der Waals surface area contributed by atoms with Crippen molar-refractivity contribution in [3.8, 4) is 0 Å². The summed E-state index contributed by atoms with van der Waals surface area (Å²) in [5.41, 5.74) is 0. The van der Waals surface area contributed by atoms with Crippen LogP contribution in [0.5, 0.6) is 0 Å². The molecule has 0 aliphatic rings. The topological polar surface area (TPSA) is 80.7 Å². The second-order valence-electron chi connectivity index (χ2n) is 7.54. The van der Waals surface area contributed by atoms with E-state index in [9.17, 15) is 17.8 Å². The Morgan fingerprint density at radius 3 is 1.83 bits per heavy atom. The van der Waals surface area contributed by atoms with E-state index in [0.29, 0.717) is 12.8 Å². The largest absolute Gasteiger partial charge is 0.465 e. The van der Waals surface area contributed by atoms with E-state index in [2.05, 4.69) is 19.1 Å². The van der Waals surface area contributed by atoms with Crippen molar-refractivity contribution in [1.82, 2.24) is 0 Å². The molecule has 1 atom stereocenters. The van der Waals surface area contributed by atoms with E-state index in [-0.39, 0.29) is 42.6 Å². The molecule has 29 heavy (non-hydrogen) atoms. The number of rotatable bonds is 19. The zero-order chi connectivity index (χ0) is 21.1. The van der Waals surface area contributed by atoms with E-state index >= 15 is 0 Å². The molecule has 7 heteroatoms. The fourth-order valence-electron chi connectivity index (χ4n) is 3.02. The van der Waals surface area contributed by atoms with Crippen LogP contribution in [-0.4, -0.2) is 60.4 Å². The predicted molar refractivity (Wildman–Crippen MR) is 122 cm³/mol. The minimum Gasteiger partial charge on any atom is -0.465 e. The number of hydrogen-bond donors (Lipinski definition) is 1. The molecule has 5 nitrogen and oxygen atoms in total. The quantitative estimate of drug-likeness (QED) is 0.0893. The molecule has 0 aromatic rings. The second kappa shape index (κ2) is 21.4. The normalized spacial score (nSPS) is 12.7. The fraction of sp³-hybridized carbons (Fsp3) is 0.864. The summed E-state index contributed by atoms with van der Waals surface area (Å²) in [6.45, 7) is 4.39. The maximum absolute atomic E-state index is 11.9. The minimum absolute atomic E-state index is 0. The zero-order valence-electron chi connectivity index (χ0n) is 19.0. The van der Waals surface area contributed by atoms with Gasteiger partial charge in [0.05, 0.1) is 6.61 Å². The number of carbonyl (C=O) groups is 1. The number of ether oxygens (including phenoxy) is 1. The monoisotopic (exact) mass is 441 g/mol. The SMILES string of the molecule is CCCCCCCCC=CCCCCCCC(C(=O)OCCCC)S(=O)(=O)O.[Na]. The molecule has 0 aromatic heterocycles. The van der Waals surface area contributed by atoms with Gasteiger partial charge in [0.25, 0.3) is 10.1 Å². The molecule has 0 aliphatic heterocycles. The van der Waals surface area contributed by atoms with Gasteiger partial charge in [0, 0.05) is 29.6 Å². The number of carbonyl (C=O) groups excluding carboxylic acids is 1. The van der Waals surface area contributed by atoms with Crippen molar-refractivity contribution in [2.24, 2.45) is 0 Å². The Hall–Kier alpha value is 0.120. The van der Waals surface area contributed by atoms with Gasteiger partial charge in [0.2, 0.25) is 0 Å². The van der Waals surface area contributed by atoms with Crippen LogP contribution in [0.15, 0.2) is 12.2 Å². The molecule has 167 valence electrons. The summed E-state index contributed by atoms with van der Waals surface area (Å²) in [5.74, 6) is -0.825. The van der Waals surface area contributed by atoms with Crippen LogP contribution < -0.4 is 0 Å². The van der Waals surface area contributed by atoms with Crippen LogP contribution in [0.2, 0.25) is 0 Å². The van der Waals surface area contributed by atoms with Crippen molar-refractivity contribution in [2.45, 2.75) is 115 Å². The minimum atomic E-state index is -4.40. The van der Waals surface area contributed by atoms with Crippen molar-refractivity contribution in [3.05, 3.63) is 12.2 Å². The van der Waals surface area contributed by atoms with Crippen molar-refractivity contribution < 1.29 is 22.5 Å². The molecule has 0 aromatic carbocycles. The third-order valence-corrected chi connectivity index (χ3v) is 5.99. The molecule has 1 radical (unpaired) electrons. The Kier molecular flexibility index (Phi) is 23.1. The molecule has 0 saturated heterocycles. The van der Waals surface area contributed by atoms with E-state index in [1.54, 1.807) is 0 Å². The Labute approximate surface area is 201 Å². The molecule has 1 unspecified atom stereocenters. The van der Waals surface area contributed by atoms with Gasteiger partial charge >= 0.3 is 5.97 Å². The predicted octanol–water partition coefficient (Wildman–Crippen LogP) is 5.85. The first kappa shape index (κ1) is 31.3. The maximum Gasteiger partial charge on any atom is 0.326 e. The van der Waals surface area contributed by atoms with E-state index in [1.165, 1.54) is 38.5 Å². The molecule has 0 rings (SSSR count). The third kappa shape index (κ3) is 19.8. The summed E-state index contributed by atoms with van der Waals surface area (Å²) < 4.78 is 37.1. The van der Waals surface area contributed by atoms with Crippen molar-refractivity contribution >= 4 is 45.6 Å². The molecule has 0 amide bonds. The number of allylic oxidation sites excluding steroid dienone is 2. The summed E-state index contributed by atoms with van der Waals surface area (Å²) in [5, 5.41) is -1.44. The van der Waals surface area contributed by atoms with Crippen molar-refractivity contribution in [2.75, 3.05) is 6.61 Å².